The monoisotopic (exact) mass is 551 g/mol. The van der Waals surface area contributed by atoms with Crippen molar-refractivity contribution in [2.45, 2.75) is 97.6 Å². The number of aromatic nitrogens is 4. The van der Waals surface area contributed by atoms with Crippen molar-refractivity contribution in [3.05, 3.63) is 65.4 Å². The van der Waals surface area contributed by atoms with Crippen LogP contribution in [0.1, 0.15) is 77.1 Å². The number of imidazole rings is 1. The molecular weight excluding hydrogens is 506 g/mol. The van der Waals surface area contributed by atoms with Gasteiger partial charge in [-0.3, -0.25) is 13.9 Å². The number of Topliss-reactive ketones (excluding diaryl/α,β-unsaturated/α-hetero) is 1. The number of ether oxygens (including phenoxy) is 2. The van der Waals surface area contributed by atoms with E-state index in [9.17, 15) is 9.59 Å². The van der Waals surface area contributed by atoms with Gasteiger partial charge in [-0.2, -0.15) is 0 Å². The number of nitrogens with zero attached hydrogens (tertiary/aromatic N) is 4. The van der Waals surface area contributed by atoms with E-state index in [0.717, 1.165) is 49.8 Å². The van der Waals surface area contributed by atoms with Crippen molar-refractivity contribution < 1.29 is 14.3 Å². The molecule has 0 saturated heterocycles. The lowest BCUT2D eigenvalue weighted by Crippen LogP contribution is -2.32. The summed E-state index contributed by atoms with van der Waals surface area (Å²) in [5, 5.41) is 3.54. The molecule has 218 valence electrons. The molecule has 3 heterocycles. The number of anilines is 1. The molecular formula is C31H45N5O4. The van der Waals surface area contributed by atoms with Crippen molar-refractivity contribution in [1.29, 1.82) is 0 Å². The molecule has 1 aromatic carbocycles. The summed E-state index contributed by atoms with van der Waals surface area (Å²) in [5.41, 5.74) is 1.88. The topological polar surface area (TPSA) is 100 Å². The van der Waals surface area contributed by atoms with E-state index in [1.165, 1.54) is 18.4 Å². The maximum Gasteiger partial charge on any atom is 0.331 e. The van der Waals surface area contributed by atoms with Gasteiger partial charge in [0.1, 0.15) is 23.1 Å². The van der Waals surface area contributed by atoms with Gasteiger partial charge < -0.3 is 14.8 Å². The predicted octanol–water partition coefficient (Wildman–Crippen LogP) is 5.43. The van der Waals surface area contributed by atoms with E-state index in [-0.39, 0.29) is 23.8 Å². The second-order valence-corrected chi connectivity index (χ2v) is 10.1. The van der Waals surface area contributed by atoms with Gasteiger partial charge in [0, 0.05) is 44.7 Å². The number of hydrogen-bond donors (Lipinski definition) is 1. The Morgan fingerprint density at radius 2 is 1.75 bits per heavy atom. The molecule has 9 nitrogen and oxygen atoms in total. The Kier molecular flexibility index (Phi) is 12.1. The van der Waals surface area contributed by atoms with Crippen LogP contribution in [0.4, 0.5) is 5.82 Å². The second-order valence-electron chi connectivity index (χ2n) is 10.1. The molecule has 1 aromatic rings. The minimum Gasteiger partial charge on any atom is -0.365 e. The molecule has 1 saturated carbocycles. The Morgan fingerprint density at radius 1 is 1.10 bits per heavy atom. The smallest absolute Gasteiger partial charge is 0.331 e. The molecule has 0 amide bonds. The average Bonchev–Trinajstić information content (AvgIpc) is 3.71. The molecule has 1 atom stereocenters. The molecule has 9 heteroatoms. The molecule has 1 aliphatic carbocycles. The highest BCUT2D eigenvalue weighted by Crippen LogP contribution is 2.37. The molecule has 0 bridgehead atoms. The Hall–Kier alpha value is -3.30. The highest BCUT2D eigenvalue weighted by Gasteiger charge is 2.33. The van der Waals surface area contributed by atoms with E-state index < -0.39 is 0 Å². The van der Waals surface area contributed by atoms with Gasteiger partial charge in [-0.15, -0.1) is 13.2 Å². The zero-order valence-corrected chi connectivity index (χ0v) is 24.5. The van der Waals surface area contributed by atoms with Crippen LogP contribution in [0.15, 0.2) is 48.3 Å². The number of carbonyl (C=O) groups is 1. The van der Waals surface area contributed by atoms with Crippen LogP contribution in [0.3, 0.4) is 0 Å². The van der Waals surface area contributed by atoms with Gasteiger partial charge in [-0.05, 0) is 52.5 Å². The van der Waals surface area contributed by atoms with Crippen molar-refractivity contribution in [3.63, 3.8) is 0 Å². The molecule has 40 heavy (non-hydrogen) atoms. The predicted molar refractivity (Wildman–Crippen MR) is 159 cm³/mol. The molecule has 0 radical (unpaired) electrons. The van der Waals surface area contributed by atoms with Gasteiger partial charge in [-0.25, -0.2) is 14.8 Å². The Labute approximate surface area is 238 Å². The zero-order valence-electron chi connectivity index (χ0n) is 24.5. The molecule has 5 rings (SSSR count). The molecule has 3 aliphatic heterocycles. The zero-order chi connectivity index (χ0) is 29.1. The standard InChI is InChI=1S/C23H27N5O2.C6H14O2.C2H4/c1-15(29)11-12-27-22-19(25-20(26-22)17-9-5-6-10-17)21-24-18(14-28(21)23(27)30)13-16-7-3-2-4-8-16;1-4-7-6(3)8-5-2;1-2/h2-4,7-8,17-18,24H,5-6,9-14H2,1H3;6H,4-5H2,1-3H3;1-2H2/t18-;;/m1../s1. The van der Waals surface area contributed by atoms with E-state index in [2.05, 4.69) is 30.6 Å². The van der Waals surface area contributed by atoms with Crippen LogP contribution in [0.2, 0.25) is 0 Å². The third-order valence-electron chi connectivity index (χ3n) is 7.15. The fourth-order valence-corrected chi connectivity index (χ4v) is 5.30. The normalized spacial score (nSPS) is 16.2. The highest BCUT2D eigenvalue weighted by molar-refractivity contribution is 5.75. The van der Waals surface area contributed by atoms with Crippen LogP contribution in [-0.2, 0) is 33.8 Å². The summed E-state index contributed by atoms with van der Waals surface area (Å²) in [6.45, 7) is 15.7. The number of ketones is 1. The number of rotatable bonds is 10. The fourth-order valence-electron chi connectivity index (χ4n) is 5.30. The van der Waals surface area contributed by atoms with Gasteiger partial charge in [-0.1, -0.05) is 43.2 Å². The van der Waals surface area contributed by atoms with Crippen molar-refractivity contribution in [2.24, 2.45) is 0 Å². The van der Waals surface area contributed by atoms with Crippen molar-refractivity contribution in [1.82, 2.24) is 19.1 Å². The van der Waals surface area contributed by atoms with E-state index in [1.807, 2.05) is 39.0 Å². The van der Waals surface area contributed by atoms with Crippen LogP contribution in [-0.4, -0.2) is 50.4 Å². The molecule has 1 fully saturated rings. The van der Waals surface area contributed by atoms with Crippen LogP contribution < -0.4 is 11.0 Å². The lowest BCUT2D eigenvalue weighted by molar-refractivity contribution is -0.123. The maximum atomic E-state index is 13.3. The molecule has 0 unspecified atom stereocenters. The van der Waals surface area contributed by atoms with Gasteiger partial charge in [0.25, 0.3) is 0 Å². The summed E-state index contributed by atoms with van der Waals surface area (Å²) in [6.07, 6.45) is 5.74. The lowest BCUT2D eigenvalue weighted by atomic mass is 10.1. The summed E-state index contributed by atoms with van der Waals surface area (Å²) in [7, 11) is 0. The van der Waals surface area contributed by atoms with Gasteiger partial charge in [0.15, 0.2) is 12.1 Å². The Balaban J connectivity index is 0.000000383. The number of carbonyl (C=O) groups excluding carboxylic acids is 1. The summed E-state index contributed by atoms with van der Waals surface area (Å²) < 4.78 is 13.6. The average molecular weight is 552 g/mol. The largest absolute Gasteiger partial charge is 0.365 e. The quantitative estimate of drug-likeness (QED) is 0.265. The Morgan fingerprint density at radius 3 is 2.35 bits per heavy atom. The molecule has 0 aromatic heterocycles. The van der Waals surface area contributed by atoms with Gasteiger partial charge in [0.05, 0.1) is 0 Å². The minimum absolute atomic E-state index is 0.0370. The maximum absolute atomic E-state index is 13.3. The molecule has 4 aliphatic rings. The second kappa shape index (κ2) is 15.5. The SMILES string of the molecule is C=C.CC(=O)CCn1c2nc(C3CCCC3)nc-2c2n(c1=O)C[C@@H](Cc1ccccc1)N2.CCOC(C)OCC. The lowest BCUT2D eigenvalue weighted by Gasteiger charge is -2.13. The van der Waals surface area contributed by atoms with Gasteiger partial charge in [0.2, 0.25) is 0 Å². The minimum atomic E-state index is -0.111. The van der Waals surface area contributed by atoms with Crippen LogP contribution in [0.5, 0.6) is 0 Å². The highest BCUT2D eigenvalue weighted by atomic mass is 16.7. The number of nitrogens with one attached hydrogen (secondary N) is 1. The first-order chi connectivity index (χ1) is 19.4. The van der Waals surface area contributed by atoms with E-state index in [0.29, 0.717) is 31.3 Å². The van der Waals surface area contributed by atoms with E-state index in [1.54, 1.807) is 16.1 Å². The summed E-state index contributed by atoms with van der Waals surface area (Å²) in [4.78, 5) is 34.6. The first-order valence-electron chi connectivity index (χ1n) is 14.4. The van der Waals surface area contributed by atoms with Crippen LogP contribution in [0.25, 0.3) is 11.5 Å². The number of benzene rings is 1. The van der Waals surface area contributed by atoms with Crippen molar-refractivity contribution in [3.8, 4) is 11.5 Å². The summed E-state index contributed by atoms with van der Waals surface area (Å²) in [5.74, 6) is 2.67. The number of hydrogen-bond acceptors (Lipinski definition) is 7. The van der Waals surface area contributed by atoms with Gasteiger partial charge >= 0.3 is 5.69 Å². The van der Waals surface area contributed by atoms with Crippen LogP contribution in [0, 0.1) is 0 Å². The fraction of sp³-hybridized carbons (Fsp3) is 0.548. The number of fused-ring (bicyclic) bond motifs is 3. The van der Waals surface area contributed by atoms with E-state index >= 15 is 0 Å². The first-order valence-corrected chi connectivity index (χ1v) is 14.4. The van der Waals surface area contributed by atoms with Crippen molar-refractivity contribution >= 4 is 11.6 Å². The summed E-state index contributed by atoms with van der Waals surface area (Å²) >= 11 is 0. The third-order valence-corrected chi connectivity index (χ3v) is 7.15. The Bertz CT molecular complexity index is 1230. The summed E-state index contributed by atoms with van der Waals surface area (Å²) in [6, 6.07) is 10.4. The molecule has 0 spiro atoms. The first kappa shape index (κ1) is 31.2. The molecule has 1 N–H and O–H groups in total. The van der Waals surface area contributed by atoms with Crippen LogP contribution >= 0.6 is 0 Å². The van der Waals surface area contributed by atoms with E-state index in [4.69, 9.17) is 19.4 Å². The van der Waals surface area contributed by atoms with Crippen molar-refractivity contribution in [2.75, 3.05) is 18.5 Å². The third kappa shape index (κ3) is 7.88.